The molecule has 2 aromatic rings. The fourth-order valence-corrected chi connectivity index (χ4v) is 3.57. The maximum atomic E-state index is 12.0. The molecule has 150 valence electrons. The van der Waals surface area contributed by atoms with E-state index in [1.807, 2.05) is 12.3 Å². The van der Waals surface area contributed by atoms with Crippen LogP contribution < -0.4 is 5.32 Å². The summed E-state index contributed by atoms with van der Waals surface area (Å²) in [5.41, 5.74) is 2.14. The van der Waals surface area contributed by atoms with Crippen molar-refractivity contribution in [2.24, 2.45) is 0 Å². The summed E-state index contributed by atoms with van der Waals surface area (Å²) in [5, 5.41) is 13.7. The van der Waals surface area contributed by atoms with Crippen LogP contribution in [0, 0.1) is 0 Å². The highest BCUT2D eigenvalue weighted by Crippen LogP contribution is 2.23. The molecule has 0 aliphatic rings. The smallest absolute Gasteiger partial charge is 0.220 e. The first-order valence-corrected chi connectivity index (χ1v) is 10.8. The van der Waals surface area contributed by atoms with Crippen LogP contribution >= 0.6 is 0 Å². The standard InChI is InChI=1S/C23H36N2O2/c1-2-3-4-5-6-7-8-9-10-11-12-23(27)24-16-15-19-18-25-22-14-13-20(26)17-21(19)22/h13-14,17-18,25-26H,2-12,15-16H2,1H3,(H,24,27). The molecule has 0 spiro atoms. The zero-order chi connectivity index (χ0) is 19.3. The first-order chi connectivity index (χ1) is 13.2. The lowest BCUT2D eigenvalue weighted by Crippen LogP contribution is -2.25. The lowest BCUT2D eigenvalue weighted by Gasteiger charge is -2.05. The minimum Gasteiger partial charge on any atom is -0.508 e. The quantitative estimate of drug-likeness (QED) is 0.365. The number of rotatable bonds is 14. The van der Waals surface area contributed by atoms with Crippen molar-refractivity contribution in [2.75, 3.05) is 6.54 Å². The maximum absolute atomic E-state index is 12.0. The molecule has 1 amide bonds. The SMILES string of the molecule is CCCCCCCCCCCCC(=O)NCCc1c[nH]c2ccc(O)cc12. The van der Waals surface area contributed by atoms with Gasteiger partial charge >= 0.3 is 0 Å². The Labute approximate surface area is 163 Å². The number of benzene rings is 1. The van der Waals surface area contributed by atoms with Gasteiger partial charge in [0.15, 0.2) is 0 Å². The first kappa shape index (κ1) is 21.3. The van der Waals surface area contributed by atoms with Crippen molar-refractivity contribution in [3.63, 3.8) is 0 Å². The molecule has 0 radical (unpaired) electrons. The summed E-state index contributed by atoms with van der Waals surface area (Å²) in [6.07, 6.45) is 16.2. The van der Waals surface area contributed by atoms with Gasteiger partial charge in [0.05, 0.1) is 0 Å². The number of hydrogen-bond acceptors (Lipinski definition) is 2. The minimum absolute atomic E-state index is 0.150. The number of hydrogen-bond donors (Lipinski definition) is 3. The topological polar surface area (TPSA) is 65.1 Å². The predicted molar refractivity (Wildman–Crippen MR) is 113 cm³/mol. The van der Waals surface area contributed by atoms with Gasteiger partial charge in [-0.25, -0.2) is 0 Å². The fourth-order valence-electron chi connectivity index (χ4n) is 3.57. The van der Waals surface area contributed by atoms with E-state index in [1.54, 1.807) is 12.1 Å². The van der Waals surface area contributed by atoms with Crippen LogP contribution in [0.15, 0.2) is 24.4 Å². The minimum atomic E-state index is 0.150. The van der Waals surface area contributed by atoms with E-state index in [1.165, 1.54) is 51.4 Å². The lowest BCUT2D eigenvalue weighted by atomic mass is 10.1. The number of unbranched alkanes of at least 4 members (excludes halogenated alkanes) is 9. The van der Waals surface area contributed by atoms with Crippen LogP contribution in [-0.4, -0.2) is 22.5 Å². The molecule has 4 nitrogen and oxygen atoms in total. The average Bonchev–Trinajstić information content (AvgIpc) is 3.05. The highest BCUT2D eigenvalue weighted by Gasteiger charge is 2.06. The van der Waals surface area contributed by atoms with Crippen LogP contribution in [0.2, 0.25) is 0 Å². The highest BCUT2D eigenvalue weighted by atomic mass is 16.3. The van der Waals surface area contributed by atoms with E-state index in [2.05, 4.69) is 17.2 Å². The van der Waals surface area contributed by atoms with Gasteiger partial charge in [-0.05, 0) is 36.6 Å². The molecule has 3 N–H and O–H groups in total. The number of H-pyrrole nitrogens is 1. The van der Waals surface area contributed by atoms with Crippen LogP contribution in [0.4, 0.5) is 0 Å². The molecule has 0 fully saturated rings. The molecule has 27 heavy (non-hydrogen) atoms. The molecule has 1 aromatic carbocycles. The summed E-state index contributed by atoms with van der Waals surface area (Å²) < 4.78 is 0. The summed E-state index contributed by atoms with van der Waals surface area (Å²) in [5.74, 6) is 0.422. The predicted octanol–water partition coefficient (Wildman–Crippen LogP) is 5.84. The summed E-state index contributed by atoms with van der Waals surface area (Å²) in [4.78, 5) is 15.2. The Morgan fingerprint density at radius 2 is 1.67 bits per heavy atom. The molecular formula is C23H36N2O2. The van der Waals surface area contributed by atoms with Gasteiger partial charge in [0, 0.05) is 30.1 Å². The van der Waals surface area contributed by atoms with Crippen LogP contribution in [0.5, 0.6) is 5.75 Å². The third kappa shape index (κ3) is 8.06. The molecule has 0 unspecified atom stereocenters. The Morgan fingerprint density at radius 1 is 1.00 bits per heavy atom. The third-order valence-corrected chi connectivity index (χ3v) is 5.22. The number of carbonyl (C=O) groups is 1. The molecule has 0 bridgehead atoms. The second-order valence-corrected chi connectivity index (χ2v) is 7.58. The maximum Gasteiger partial charge on any atom is 0.220 e. The Kier molecular flexibility index (Phi) is 9.81. The van der Waals surface area contributed by atoms with E-state index in [9.17, 15) is 9.90 Å². The molecule has 1 heterocycles. The summed E-state index contributed by atoms with van der Waals surface area (Å²) in [7, 11) is 0. The summed E-state index contributed by atoms with van der Waals surface area (Å²) in [6, 6.07) is 5.32. The number of aromatic amines is 1. The molecule has 0 aliphatic carbocycles. The van der Waals surface area contributed by atoms with Gasteiger partial charge in [-0.15, -0.1) is 0 Å². The van der Waals surface area contributed by atoms with Gasteiger partial charge in [0.1, 0.15) is 5.75 Å². The number of amides is 1. The second-order valence-electron chi connectivity index (χ2n) is 7.58. The fraction of sp³-hybridized carbons (Fsp3) is 0.609. The monoisotopic (exact) mass is 372 g/mol. The van der Waals surface area contributed by atoms with Crippen molar-refractivity contribution in [3.8, 4) is 5.75 Å². The van der Waals surface area contributed by atoms with Gasteiger partial charge in [-0.1, -0.05) is 64.7 Å². The van der Waals surface area contributed by atoms with Crippen LogP contribution in [0.3, 0.4) is 0 Å². The number of carbonyl (C=O) groups excluding carboxylic acids is 1. The largest absolute Gasteiger partial charge is 0.508 e. The molecule has 0 aliphatic heterocycles. The number of nitrogens with one attached hydrogen (secondary N) is 2. The van der Waals surface area contributed by atoms with Gasteiger partial charge in [0.25, 0.3) is 0 Å². The van der Waals surface area contributed by atoms with Crippen LogP contribution in [0.25, 0.3) is 10.9 Å². The van der Waals surface area contributed by atoms with Crippen molar-refractivity contribution in [2.45, 2.75) is 84.0 Å². The number of aromatic nitrogens is 1. The molecule has 1 aromatic heterocycles. The van der Waals surface area contributed by atoms with Crippen molar-refractivity contribution in [3.05, 3.63) is 30.0 Å². The Balaban J connectivity index is 1.49. The van der Waals surface area contributed by atoms with E-state index < -0.39 is 0 Å². The third-order valence-electron chi connectivity index (χ3n) is 5.22. The zero-order valence-corrected chi connectivity index (χ0v) is 16.9. The average molecular weight is 373 g/mol. The first-order valence-electron chi connectivity index (χ1n) is 10.8. The van der Waals surface area contributed by atoms with E-state index in [0.29, 0.717) is 13.0 Å². The Bertz CT molecular complexity index is 678. The zero-order valence-electron chi connectivity index (χ0n) is 16.9. The van der Waals surface area contributed by atoms with E-state index in [-0.39, 0.29) is 11.7 Å². The Hall–Kier alpha value is -1.97. The molecule has 2 rings (SSSR count). The summed E-state index contributed by atoms with van der Waals surface area (Å²) in [6.45, 7) is 2.89. The Morgan fingerprint density at radius 3 is 2.37 bits per heavy atom. The van der Waals surface area contributed by atoms with Gasteiger partial charge in [-0.3, -0.25) is 4.79 Å². The van der Waals surface area contributed by atoms with E-state index in [4.69, 9.17) is 0 Å². The molecular weight excluding hydrogens is 336 g/mol. The number of phenols is 1. The van der Waals surface area contributed by atoms with Gasteiger partial charge in [0.2, 0.25) is 5.91 Å². The van der Waals surface area contributed by atoms with Crippen molar-refractivity contribution < 1.29 is 9.90 Å². The molecule has 0 atom stereocenters. The molecule has 0 saturated heterocycles. The summed E-state index contributed by atoms with van der Waals surface area (Å²) >= 11 is 0. The molecule has 0 saturated carbocycles. The lowest BCUT2D eigenvalue weighted by molar-refractivity contribution is -0.121. The highest BCUT2D eigenvalue weighted by molar-refractivity contribution is 5.84. The second kappa shape index (κ2) is 12.4. The van der Waals surface area contributed by atoms with Crippen LogP contribution in [-0.2, 0) is 11.2 Å². The van der Waals surface area contributed by atoms with E-state index >= 15 is 0 Å². The van der Waals surface area contributed by atoms with Crippen molar-refractivity contribution in [1.82, 2.24) is 10.3 Å². The van der Waals surface area contributed by atoms with Gasteiger partial charge < -0.3 is 15.4 Å². The number of phenolic OH excluding ortho intramolecular Hbond substituents is 1. The number of aromatic hydroxyl groups is 1. The van der Waals surface area contributed by atoms with Crippen molar-refractivity contribution in [1.29, 1.82) is 0 Å². The van der Waals surface area contributed by atoms with Crippen molar-refractivity contribution >= 4 is 16.8 Å². The van der Waals surface area contributed by atoms with E-state index in [0.717, 1.165) is 35.7 Å². The number of fused-ring (bicyclic) bond motifs is 1. The van der Waals surface area contributed by atoms with Gasteiger partial charge in [-0.2, -0.15) is 0 Å². The molecule has 4 heteroatoms. The normalized spacial score (nSPS) is 11.1. The van der Waals surface area contributed by atoms with Crippen LogP contribution in [0.1, 0.15) is 83.1 Å².